The molecular formula is C15H15Cl2N3O3S2. The molecule has 0 radical (unpaired) electrons. The van der Waals surface area contributed by atoms with Gasteiger partial charge in [-0.2, -0.15) is 4.31 Å². The van der Waals surface area contributed by atoms with E-state index >= 15 is 0 Å². The van der Waals surface area contributed by atoms with Gasteiger partial charge in [0.1, 0.15) is 6.04 Å². The van der Waals surface area contributed by atoms with Crippen LogP contribution < -0.4 is 5.32 Å². The van der Waals surface area contributed by atoms with Crippen LogP contribution in [0.5, 0.6) is 0 Å². The molecule has 1 amide bonds. The van der Waals surface area contributed by atoms with Crippen molar-refractivity contribution >= 4 is 55.6 Å². The molecule has 1 saturated heterocycles. The first-order chi connectivity index (χ1) is 11.8. The number of nitrogens with one attached hydrogen (secondary N) is 1. The minimum atomic E-state index is -3.41. The summed E-state index contributed by atoms with van der Waals surface area (Å²) in [6, 6.07) is 4.40. The van der Waals surface area contributed by atoms with Gasteiger partial charge in [0, 0.05) is 22.5 Å². The highest BCUT2D eigenvalue weighted by Crippen LogP contribution is 2.32. The molecule has 6 nitrogen and oxygen atoms in total. The van der Waals surface area contributed by atoms with Crippen molar-refractivity contribution in [2.24, 2.45) is 0 Å². The van der Waals surface area contributed by atoms with Crippen LogP contribution in [0.2, 0.25) is 10.0 Å². The summed E-state index contributed by atoms with van der Waals surface area (Å²) in [4.78, 5) is 16.8. The summed E-state index contributed by atoms with van der Waals surface area (Å²) < 4.78 is 24.8. The maximum Gasteiger partial charge on any atom is 0.244 e. The lowest BCUT2D eigenvalue weighted by molar-refractivity contribution is -0.119. The molecule has 134 valence electrons. The Kier molecular flexibility index (Phi) is 5.36. The number of rotatable bonds is 4. The summed E-state index contributed by atoms with van der Waals surface area (Å²) >= 11 is 13.3. The molecule has 25 heavy (non-hydrogen) atoms. The van der Waals surface area contributed by atoms with Crippen LogP contribution in [-0.4, -0.2) is 42.5 Å². The SMILES string of the molecule is CS(=O)(=O)N1CCCC1C(=O)Nc1nc(-c2ccc(Cl)cc2Cl)cs1. The van der Waals surface area contributed by atoms with Crippen molar-refractivity contribution in [1.29, 1.82) is 0 Å². The molecule has 0 spiro atoms. The highest BCUT2D eigenvalue weighted by Gasteiger charge is 2.36. The van der Waals surface area contributed by atoms with E-state index in [4.69, 9.17) is 23.2 Å². The van der Waals surface area contributed by atoms with Gasteiger partial charge in [-0.05, 0) is 31.0 Å². The van der Waals surface area contributed by atoms with E-state index in [1.165, 1.54) is 15.6 Å². The number of halogens is 2. The summed E-state index contributed by atoms with van der Waals surface area (Å²) in [5, 5.41) is 5.86. The Balaban J connectivity index is 1.76. The second-order valence-corrected chi connectivity index (χ2v) is 9.32. The zero-order valence-corrected chi connectivity index (χ0v) is 16.3. The lowest BCUT2D eigenvalue weighted by Gasteiger charge is -2.20. The summed E-state index contributed by atoms with van der Waals surface area (Å²) in [5.41, 5.74) is 1.33. The van der Waals surface area contributed by atoms with Crippen LogP contribution in [-0.2, 0) is 14.8 Å². The number of nitrogens with zero attached hydrogens (tertiary/aromatic N) is 2. The van der Waals surface area contributed by atoms with Crippen LogP contribution >= 0.6 is 34.5 Å². The third-order valence-electron chi connectivity index (χ3n) is 3.87. The monoisotopic (exact) mass is 419 g/mol. The highest BCUT2D eigenvalue weighted by molar-refractivity contribution is 7.88. The number of amides is 1. The van der Waals surface area contributed by atoms with Crippen molar-refractivity contribution in [3.63, 3.8) is 0 Å². The Morgan fingerprint density at radius 1 is 1.40 bits per heavy atom. The van der Waals surface area contributed by atoms with Crippen LogP contribution in [0, 0.1) is 0 Å². The lowest BCUT2D eigenvalue weighted by atomic mass is 10.2. The normalized spacial score (nSPS) is 18.4. The average Bonchev–Trinajstić information content (AvgIpc) is 3.15. The predicted octanol–water partition coefficient (Wildman–Crippen LogP) is 3.48. The van der Waals surface area contributed by atoms with Gasteiger partial charge in [-0.15, -0.1) is 11.3 Å². The minimum Gasteiger partial charge on any atom is -0.301 e. The van der Waals surface area contributed by atoms with Crippen LogP contribution in [0.25, 0.3) is 11.3 Å². The second kappa shape index (κ2) is 7.20. The van der Waals surface area contributed by atoms with E-state index in [0.29, 0.717) is 45.8 Å². The van der Waals surface area contributed by atoms with E-state index < -0.39 is 16.1 Å². The van der Waals surface area contributed by atoms with Gasteiger partial charge in [0.05, 0.1) is 17.0 Å². The fourth-order valence-corrected chi connectivity index (χ4v) is 5.08. The zero-order chi connectivity index (χ0) is 18.2. The number of hydrogen-bond acceptors (Lipinski definition) is 5. The van der Waals surface area contributed by atoms with E-state index in [1.807, 2.05) is 0 Å². The molecule has 1 fully saturated rings. The van der Waals surface area contributed by atoms with Crippen molar-refractivity contribution in [3.8, 4) is 11.3 Å². The Labute approximate surface area is 159 Å². The molecule has 1 N–H and O–H groups in total. The van der Waals surface area contributed by atoms with E-state index in [9.17, 15) is 13.2 Å². The molecular weight excluding hydrogens is 405 g/mol. The first-order valence-corrected chi connectivity index (χ1v) is 10.9. The number of anilines is 1. The molecule has 1 unspecified atom stereocenters. The molecule has 2 aromatic rings. The van der Waals surface area contributed by atoms with Crippen LogP contribution in [0.4, 0.5) is 5.13 Å². The highest BCUT2D eigenvalue weighted by atomic mass is 35.5. The Morgan fingerprint density at radius 3 is 2.84 bits per heavy atom. The molecule has 2 heterocycles. The molecule has 0 saturated carbocycles. The summed E-state index contributed by atoms with van der Waals surface area (Å²) in [7, 11) is -3.41. The minimum absolute atomic E-state index is 0.362. The van der Waals surface area contributed by atoms with Gasteiger partial charge in [0.2, 0.25) is 15.9 Å². The van der Waals surface area contributed by atoms with Crippen molar-refractivity contribution in [1.82, 2.24) is 9.29 Å². The van der Waals surface area contributed by atoms with Gasteiger partial charge >= 0.3 is 0 Å². The average molecular weight is 420 g/mol. The van der Waals surface area contributed by atoms with Crippen molar-refractivity contribution in [2.75, 3.05) is 18.1 Å². The Hall–Kier alpha value is -1.19. The molecule has 10 heteroatoms. The standard InChI is InChI=1S/C15H15Cl2N3O3S2/c1-25(22,23)20-6-2-3-13(20)14(21)19-15-18-12(8-24-15)10-5-4-9(16)7-11(10)17/h4-5,7-8,13H,2-3,6H2,1H3,(H,18,19,21). The van der Waals surface area contributed by atoms with E-state index in [-0.39, 0.29) is 5.91 Å². The molecule has 3 rings (SSSR count). The number of thiazole rings is 1. The number of sulfonamides is 1. The van der Waals surface area contributed by atoms with Gasteiger partial charge in [-0.1, -0.05) is 23.2 Å². The Morgan fingerprint density at radius 2 is 2.16 bits per heavy atom. The first kappa shape index (κ1) is 18.6. The largest absolute Gasteiger partial charge is 0.301 e. The number of carbonyl (C=O) groups excluding carboxylic acids is 1. The fraction of sp³-hybridized carbons (Fsp3) is 0.333. The lowest BCUT2D eigenvalue weighted by Crippen LogP contribution is -2.42. The van der Waals surface area contributed by atoms with Gasteiger partial charge < -0.3 is 5.32 Å². The fourth-order valence-electron chi connectivity index (χ4n) is 2.74. The van der Waals surface area contributed by atoms with E-state index in [0.717, 1.165) is 6.26 Å². The quantitative estimate of drug-likeness (QED) is 0.822. The van der Waals surface area contributed by atoms with Crippen molar-refractivity contribution < 1.29 is 13.2 Å². The molecule has 1 aromatic heterocycles. The maximum absolute atomic E-state index is 12.4. The van der Waals surface area contributed by atoms with E-state index in [1.54, 1.807) is 23.6 Å². The number of carbonyl (C=O) groups is 1. The first-order valence-electron chi connectivity index (χ1n) is 7.44. The number of hydrogen-bond donors (Lipinski definition) is 1. The Bertz CT molecular complexity index is 914. The molecule has 1 atom stereocenters. The topological polar surface area (TPSA) is 79.4 Å². The summed E-state index contributed by atoms with van der Waals surface area (Å²) in [6.07, 6.45) is 2.28. The van der Waals surface area contributed by atoms with Crippen molar-refractivity contribution in [3.05, 3.63) is 33.6 Å². The van der Waals surface area contributed by atoms with Crippen LogP contribution in [0.3, 0.4) is 0 Å². The zero-order valence-electron chi connectivity index (χ0n) is 13.2. The molecule has 0 aliphatic carbocycles. The third kappa shape index (κ3) is 4.15. The van der Waals surface area contributed by atoms with Crippen molar-refractivity contribution in [2.45, 2.75) is 18.9 Å². The van der Waals surface area contributed by atoms with E-state index in [2.05, 4.69) is 10.3 Å². The van der Waals surface area contributed by atoms with Gasteiger partial charge in [-0.3, -0.25) is 4.79 Å². The third-order valence-corrected chi connectivity index (χ3v) is 6.47. The molecule has 1 aliphatic heterocycles. The number of aromatic nitrogens is 1. The molecule has 0 bridgehead atoms. The smallest absolute Gasteiger partial charge is 0.244 e. The van der Waals surface area contributed by atoms with Gasteiger partial charge in [0.15, 0.2) is 5.13 Å². The van der Waals surface area contributed by atoms with Crippen LogP contribution in [0.1, 0.15) is 12.8 Å². The van der Waals surface area contributed by atoms with Gasteiger partial charge in [0.25, 0.3) is 0 Å². The van der Waals surface area contributed by atoms with Gasteiger partial charge in [-0.25, -0.2) is 13.4 Å². The molecule has 1 aliphatic rings. The number of benzene rings is 1. The predicted molar refractivity (Wildman–Crippen MR) is 101 cm³/mol. The summed E-state index contributed by atoms with van der Waals surface area (Å²) in [5.74, 6) is -0.369. The maximum atomic E-state index is 12.4. The summed E-state index contributed by atoms with van der Waals surface area (Å²) in [6.45, 7) is 0.362. The second-order valence-electron chi connectivity index (χ2n) is 5.68. The molecule has 1 aromatic carbocycles. The van der Waals surface area contributed by atoms with Crippen LogP contribution in [0.15, 0.2) is 23.6 Å².